The SMILES string of the molecule is c1cc(-c2ccc3cc(-c4ccc5ccc6ccccc6c5c4)ccc3c2)c2c(c1)-c1cccc3c1c(cc1ccccc13)O2. The highest BCUT2D eigenvalue weighted by Gasteiger charge is 2.24. The lowest BCUT2D eigenvalue weighted by Crippen LogP contribution is -1.99. The van der Waals surface area contributed by atoms with Crippen LogP contribution in [0, 0.1) is 0 Å². The maximum atomic E-state index is 6.80. The van der Waals surface area contributed by atoms with Gasteiger partial charge in [-0.1, -0.05) is 133 Å². The quantitative estimate of drug-likeness (QED) is 0.188. The lowest BCUT2D eigenvalue weighted by molar-refractivity contribution is 0.489. The van der Waals surface area contributed by atoms with Crippen molar-refractivity contribution in [2.24, 2.45) is 0 Å². The van der Waals surface area contributed by atoms with Crippen LogP contribution in [0.25, 0.3) is 87.2 Å². The molecule has 1 heterocycles. The normalized spacial score (nSPS) is 12.2. The minimum absolute atomic E-state index is 0.923. The van der Waals surface area contributed by atoms with Crippen LogP contribution < -0.4 is 4.74 Å². The number of hydrogen-bond donors (Lipinski definition) is 0. The van der Waals surface area contributed by atoms with E-state index >= 15 is 0 Å². The van der Waals surface area contributed by atoms with Gasteiger partial charge in [-0.15, -0.1) is 0 Å². The molecule has 1 aliphatic heterocycles. The van der Waals surface area contributed by atoms with E-state index in [0.717, 1.165) is 28.2 Å². The Labute approximate surface area is 260 Å². The Bertz CT molecular complexity index is 2680. The van der Waals surface area contributed by atoms with E-state index < -0.39 is 0 Å². The lowest BCUT2D eigenvalue weighted by Gasteiger charge is -2.24. The molecule has 0 aliphatic carbocycles. The number of hydrogen-bond acceptors (Lipinski definition) is 1. The fourth-order valence-electron chi connectivity index (χ4n) is 7.40. The summed E-state index contributed by atoms with van der Waals surface area (Å²) in [7, 11) is 0. The average molecular weight is 571 g/mol. The molecule has 0 N–H and O–H groups in total. The zero-order valence-corrected chi connectivity index (χ0v) is 24.4. The van der Waals surface area contributed by atoms with E-state index in [1.807, 2.05) is 0 Å². The van der Waals surface area contributed by atoms with Gasteiger partial charge in [0.15, 0.2) is 0 Å². The zero-order valence-electron chi connectivity index (χ0n) is 24.4. The number of rotatable bonds is 2. The molecular formula is C44H26O. The third kappa shape index (κ3) is 3.68. The topological polar surface area (TPSA) is 9.23 Å². The van der Waals surface area contributed by atoms with E-state index in [2.05, 4.69) is 158 Å². The van der Waals surface area contributed by atoms with Gasteiger partial charge in [0.1, 0.15) is 11.5 Å². The first kappa shape index (κ1) is 24.5. The second kappa shape index (κ2) is 9.29. The molecule has 0 unspecified atom stereocenters. The maximum Gasteiger partial charge on any atom is 0.143 e. The van der Waals surface area contributed by atoms with Crippen LogP contribution in [0.4, 0.5) is 0 Å². The zero-order chi connectivity index (χ0) is 29.5. The molecule has 9 aromatic rings. The average Bonchev–Trinajstić information content (AvgIpc) is 3.11. The smallest absolute Gasteiger partial charge is 0.143 e. The summed E-state index contributed by atoms with van der Waals surface area (Å²) in [6.07, 6.45) is 0. The molecule has 0 saturated carbocycles. The van der Waals surface area contributed by atoms with Gasteiger partial charge in [0.2, 0.25) is 0 Å². The van der Waals surface area contributed by atoms with Crippen LogP contribution >= 0.6 is 0 Å². The van der Waals surface area contributed by atoms with Crippen LogP contribution in [0.3, 0.4) is 0 Å². The van der Waals surface area contributed by atoms with Crippen molar-refractivity contribution in [1.82, 2.24) is 0 Å². The van der Waals surface area contributed by atoms with Gasteiger partial charge in [0, 0.05) is 16.5 Å². The van der Waals surface area contributed by atoms with Crippen LogP contribution in [0.1, 0.15) is 0 Å². The van der Waals surface area contributed by atoms with E-state index in [1.165, 1.54) is 70.6 Å². The van der Waals surface area contributed by atoms with E-state index in [-0.39, 0.29) is 0 Å². The molecule has 0 amide bonds. The molecule has 0 atom stereocenters. The van der Waals surface area contributed by atoms with Crippen molar-refractivity contribution < 1.29 is 4.74 Å². The molecule has 0 bridgehead atoms. The van der Waals surface area contributed by atoms with Crippen LogP contribution in [0.2, 0.25) is 0 Å². The van der Waals surface area contributed by atoms with Crippen LogP contribution in [0.15, 0.2) is 158 Å². The molecule has 1 nitrogen and oxygen atoms in total. The summed E-state index contributed by atoms with van der Waals surface area (Å²) < 4.78 is 6.80. The number of para-hydroxylation sites is 1. The van der Waals surface area contributed by atoms with E-state index in [9.17, 15) is 0 Å². The molecule has 10 rings (SSSR count). The van der Waals surface area contributed by atoms with Gasteiger partial charge in [-0.3, -0.25) is 0 Å². The summed E-state index contributed by atoms with van der Waals surface area (Å²) >= 11 is 0. The fraction of sp³-hybridized carbons (Fsp3) is 0. The van der Waals surface area contributed by atoms with E-state index in [0.29, 0.717) is 0 Å². The molecule has 1 aliphatic rings. The van der Waals surface area contributed by atoms with Crippen molar-refractivity contribution in [3.05, 3.63) is 158 Å². The third-order valence-electron chi connectivity index (χ3n) is 9.60. The van der Waals surface area contributed by atoms with E-state index in [4.69, 9.17) is 4.74 Å². The Kier molecular flexibility index (Phi) is 5.06. The number of ether oxygens (including phenoxy) is 1. The predicted octanol–water partition coefficient (Wildman–Crippen LogP) is 12.6. The summed E-state index contributed by atoms with van der Waals surface area (Å²) in [5.41, 5.74) is 7.08. The highest BCUT2D eigenvalue weighted by molar-refractivity contribution is 6.17. The minimum atomic E-state index is 0.923. The summed E-state index contributed by atoms with van der Waals surface area (Å²) in [5, 5.41) is 12.4. The van der Waals surface area contributed by atoms with Gasteiger partial charge >= 0.3 is 0 Å². The summed E-state index contributed by atoms with van der Waals surface area (Å²) in [6.45, 7) is 0. The Morgan fingerprint density at radius 3 is 1.71 bits per heavy atom. The summed E-state index contributed by atoms with van der Waals surface area (Å²) in [5.74, 6) is 1.85. The molecule has 0 radical (unpaired) electrons. The van der Waals surface area contributed by atoms with Gasteiger partial charge in [-0.2, -0.15) is 0 Å². The van der Waals surface area contributed by atoms with Crippen molar-refractivity contribution >= 4 is 53.9 Å². The maximum absolute atomic E-state index is 6.80. The molecule has 0 saturated heterocycles. The molecule has 208 valence electrons. The first-order valence-electron chi connectivity index (χ1n) is 15.5. The Balaban J connectivity index is 1.08. The van der Waals surface area contributed by atoms with Crippen LogP contribution in [0.5, 0.6) is 11.5 Å². The molecule has 0 spiro atoms. The van der Waals surface area contributed by atoms with Crippen LogP contribution in [-0.4, -0.2) is 0 Å². The summed E-state index contributed by atoms with van der Waals surface area (Å²) in [6, 6.07) is 57.3. The third-order valence-corrected chi connectivity index (χ3v) is 9.60. The highest BCUT2D eigenvalue weighted by Crippen LogP contribution is 2.51. The molecule has 0 fully saturated rings. The molecular weight excluding hydrogens is 544 g/mol. The second-order valence-electron chi connectivity index (χ2n) is 12.1. The Morgan fingerprint density at radius 2 is 0.867 bits per heavy atom. The molecule has 9 aromatic carbocycles. The molecule has 0 aromatic heterocycles. The van der Waals surface area contributed by atoms with Crippen molar-refractivity contribution in [3.8, 4) is 44.9 Å². The molecule has 45 heavy (non-hydrogen) atoms. The Morgan fingerprint density at radius 1 is 0.311 bits per heavy atom. The minimum Gasteiger partial charge on any atom is -0.455 e. The van der Waals surface area contributed by atoms with Gasteiger partial charge in [-0.25, -0.2) is 0 Å². The number of fused-ring (bicyclic) bond motifs is 8. The highest BCUT2D eigenvalue weighted by atomic mass is 16.5. The van der Waals surface area contributed by atoms with Gasteiger partial charge in [0.25, 0.3) is 0 Å². The summed E-state index contributed by atoms with van der Waals surface area (Å²) in [4.78, 5) is 0. The predicted molar refractivity (Wildman–Crippen MR) is 190 cm³/mol. The first-order chi connectivity index (χ1) is 22.3. The van der Waals surface area contributed by atoms with Crippen molar-refractivity contribution in [2.75, 3.05) is 0 Å². The van der Waals surface area contributed by atoms with Gasteiger partial charge in [0.05, 0.1) is 0 Å². The van der Waals surface area contributed by atoms with Gasteiger partial charge < -0.3 is 4.74 Å². The number of benzene rings is 9. The lowest BCUT2D eigenvalue weighted by atomic mass is 9.89. The largest absolute Gasteiger partial charge is 0.455 e. The van der Waals surface area contributed by atoms with E-state index in [1.54, 1.807) is 0 Å². The fourth-order valence-corrected chi connectivity index (χ4v) is 7.40. The van der Waals surface area contributed by atoms with Crippen molar-refractivity contribution in [2.45, 2.75) is 0 Å². The first-order valence-corrected chi connectivity index (χ1v) is 15.5. The standard InChI is InChI=1S/C44H26O/c1-3-9-35-27(7-1)15-16-28-17-18-32(25-41(28)35)30-19-20-31-24-34(22-21-29(31)23-30)37-11-5-14-40-39-13-6-12-38-36-10-4-2-8-33(36)26-42(43(38)39)45-44(37)40/h1-26H. The molecule has 1 heteroatoms. The Hall–Kier alpha value is -5.92. The second-order valence-corrected chi connectivity index (χ2v) is 12.1. The monoisotopic (exact) mass is 570 g/mol. The van der Waals surface area contributed by atoms with Gasteiger partial charge in [-0.05, 0) is 95.0 Å². The van der Waals surface area contributed by atoms with Crippen LogP contribution in [-0.2, 0) is 0 Å². The van der Waals surface area contributed by atoms with Crippen molar-refractivity contribution in [3.63, 3.8) is 0 Å². The van der Waals surface area contributed by atoms with Crippen molar-refractivity contribution in [1.29, 1.82) is 0 Å².